The molecular formula is C40H65NO17. The van der Waals surface area contributed by atoms with Gasteiger partial charge in [0, 0.05) is 0 Å². The lowest BCUT2D eigenvalue weighted by molar-refractivity contribution is -0.391. The summed E-state index contributed by atoms with van der Waals surface area (Å²) in [5.74, 6) is 1.98. The third kappa shape index (κ3) is 9.14. The molecule has 0 bridgehead atoms. The summed E-state index contributed by atoms with van der Waals surface area (Å²) in [6.07, 6.45) is -20.0. The number of esters is 1. The van der Waals surface area contributed by atoms with Crippen LogP contribution in [0.5, 0.6) is 0 Å². The molecule has 3 saturated heterocycles. The molecule has 1 unspecified atom stereocenters. The standard InChI is InChI=1S/C40H65NO17/c1-18(2)21-9-8-20(11-14-41)39(4)12-6-13-40(5,25(39)10-7-19(21)3)38(52)58-37-34(31(50)28(47)24(17-44)55-37)57-36-33(30(49)27(46)23(16-43)54-36)56-35-32(51)29(48)26(45)22(15-42)53-35/h11,19-37,41-51H,1,6-10,12-13,15-17H2,2-5H3/t19-,20?,21-,22+,23+,24+,25-,26+,27+,28+,29-,30-,31-,32+,33+,34+,35-,36-,37-,39-,40+/m0/s1. The first-order valence-corrected chi connectivity index (χ1v) is 20.4. The maximum Gasteiger partial charge on any atom is 0.314 e. The molecule has 21 atom stereocenters. The van der Waals surface area contributed by atoms with Crippen LogP contribution in [0.1, 0.15) is 72.6 Å². The zero-order chi connectivity index (χ0) is 42.9. The van der Waals surface area contributed by atoms with Gasteiger partial charge in [-0.25, -0.2) is 0 Å². The number of hydrogen-bond acceptors (Lipinski definition) is 18. The van der Waals surface area contributed by atoms with Crippen molar-refractivity contribution in [3.05, 3.63) is 18.2 Å². The molecule has 58 heavy (non-hydrogen) atoms. The third-order valence-corrected chi connectivity index (χ3v) is 13.9. The Hall–Kier alpha value is -1.94. The molecule has 5 fully saturated rings. The van der Waals surface area contributed by atoms with Crippen molar-refractivity contribution in [2.45, 2.75) is 165 Å². The minimum absolute atomic E-state index is 0.0855. The highest BCUT2D eigenvalue weighted by Crippen LogP contribution is 2.59. The molecule has 2 saturated carbocycles. The van der Waals surface area contributed by atoms with E-state index in [1.807, 2.05) is 13.8 Å². The average Bonchev–Trinajstić information content (AvgIpc) is 3.24. The van der Waals surface area contributed by atoms with Gasteiger partial charge in [-0.1, -0.05) is 32.4 Å². The molecule has 5 aliphatic rings. The molecule has 332 valence electrons. The summed E-state index contributed by atoms with van der Waals surface area (Å²) in [6.45, 7) is 9.98. The second-order valence-corrected chi connectivity index (χ2v) is 17.5. The van der Waals surface area contributed by atoms with Crippen molar-refractivity contribution in [1.29, 1.82) is 5.41 Å². The van der Waals surface area contributed by atoms with Gasteiger partial charge in [0.2, 0.25) is 6.29 Å². The van der Waals surface area contributed by atoms with Crippen LogP contribution in [0.4, 0.5) is 0 Å². The average molecular weight is 832 g/mol. The maximum atomic E-state index is 14.8. The van der Waals surface area contributed by atoms with Gasteiger partial charge in [0.05, 0.1) is 25.2 Å². The zero-order valence-corrected chi connectivity index (χ0v) is 33.7. The van der Waals surface area contributed by atoms with Gasteiger partial charge in [0.25, 0.3) is 0 Å². The second kappa shape index (κ2) is 19.4. The van der Waals surface area contributed by atoms with E-state index in [1.54, 1.807) is 6.08 Å². The summed E-state index contributed by atoms with van der Waals surface area (Å²) < 4.78 is 35.1. The Morgan fingerprint density at radius 1 is 0.741 bits per heavy atom. The zero-order valence-electron chi connectivity index (χ0n) is 33.7. The van der Waals surface area contributed by atoms with Gasteiger partial charge in [-0.3, -0.25) is 10.2 Å². The van der Waals surface area contributed by atoms with Crippen LogP contribution in [0.3, 0.4) is 0 Å². The number of aliphatic hydroxyl groups excluding tert-OH is 10. The van der Waals surface area contributed by atoms with Crippen molar-refractivity contribution in [3.63, 3.8) is 0 Å². The van der Waals surface area contributed by atoms with Crippen LogP contribution in [-0.2, 0) is 33.2 Å². The number of rotatable bonds is 11. The highest BCUT2D eigenvalue weighted by molar-refractivity contribution is 5.77. The number of ether oxygens (including phenoxy) is 6. The first kappa shape index (κ1) is 47.1. The minimum Gasteiger partial charge on any atom is -0.432 e. The first-order valence-electron chi connectivity index (χ1n) is 20.4. The van der Waals surface area contributed by atoms with E-state index in [-0.39, 0.29) is 23.7 Å². The van der Waals surface area contributed by atoms with Crippen molar-refractivity contribution in [2.24, 2.45) is 34.5 Å². The summed E-state index contributed by atoms with van der Waals surface area (Å²) in [5, 5.41) is 113. The number of hydrogen-bond donors (Lipinski definition) is 11. The van der Waals surface area contributed by atoms with E-state index in [0.717, 1.165) is 31.3 Å². The van der Waals surface area contributed by atoms with E-state index in [4.69, 9.17) is 33.8 Å². The summed E-state index contributed by atoms with van der Waals surface area (Å²) in [4.78, 5) is 14.8. The van der Waals surface area contributed by atoms with Crippen molar-refractivity contribution in [3.8, 4) is 0 Å². The summed E-state index contributed by atoms with van der Waals surface area (Å²) in [5.41, 5.74) is -0.499. The largest absolute Gasteiger partial charge is 0.432 e. The van der Waals surface area contributed by atoms with Crippen LogP contribution in [0, 0.1) is 39.9 Å². The van der Waals surface area contributed by atoms with Gasteiger partial charge in [-0.05, 0) is 93.4 Å². The summed E-state index contributed by atoms with van der Waals surface area (Å²) in [6, 6.07) is 0. The van der Waals surface area contributed by atoms with E-state index in [0.29, 0.717) is 19.3 Å². The molecule has 0 spiro atoms. The number of aliphatic hydroxyl groups is 10. The molecule has 3 aliphatic heterocycles. The number of carbonyl (C=O) groups is 1. The molecule has 0 radical (unpaired) electrons. The molecule has 0 aromatic rings. The van der Waals surface area contributed by atoms with E-state index < -0.39 is 129 Å². The van der Waals surface area contributed by atoms with Crippen LogP contribution in [0.2, 0.25) is 0 Å². The molecule has 18 heteroatoms. The molecule has 2 aliphatic carbocycles. The Bertz CT molecular complexity index is 1450. The highest BCUT2D eigenvalue weighted by atomic mass is 16.8. The van der Waals surface area contributed by atoms with Crippen LogP contribution >= 0.6 is 0 Å². The number of allylic oxidation sites excluding steroid dienone is 2. The van der Waals surface area contributed by atoms with Crippen LogP contribution in [-0.4, -0.2) is 175 Å². The number of carbonyl (C=O) groups excluding carboxylic acids is 1. The monoisotopic (exact) mass is 831 g/mol. The summed E-state index contributed by atoms with van der Waals surface area (Å²) in [7, 11) is 0. The van der Waals surface area contributed by atoms with Crippen molar-refractivity contribution in [1.82, 2.24) is 0 Å². The Morgan fingerprint density at radius 3 is 1.81 bits per heavy atom. The smallest absolute Gasteiger partial charge is 0.314 e. The van der Waals surface area contributed by atoms with Gasteiger partial charge in [0.1, 0.15) is 67.1 Å². The van der Waals surface area contributed by atoms with Crippen molar-refractivity contribution < 1.29 is 84.3 Å². The van der Waals surface area contributed by atoms with Gasteiger partial charge in [-0.2, -0.15) is 0 Å². The molecule has 0 aromatic heterocycles. The predicted molar refractivity (Wildman–Crippen MR) is 200 cm³/mol. The van der Waals surface area contributed by atoms with Crippen LogP contribution in [0.25, 0.3) is 0 Å². The topological polar surface area (TPSA) is 299 Å². The lowest BCUT2D eigenvalue weighted by Crippen LogP contribution is -2.67. The van der Waals surface area contributed by atoms with Crippen molar-refractivity contribution in [2.75, 3.05) is 19.8 Å². The molecule has 5 rings (SSSR count). The Kier molecular flexibility index (Phi) is 15.8. The Morgan fingerprint density at radius 2 is 1.26 bits per heavy atom. The normalized spacial score (nSPS) is 49.0. The first-order chi connectivity index (χ1) is 27.4. The van der Waals surface area contributed by atoms with Gasteiger partial charge < -0.3 is 79.5 Å². The van der Waals surface area contributed by atoms with Crippen LogP contribution in [0.15, 0.2) is 18.2 Å². The third-order valence-electron chi connectivity index (χ3n) is 13.9. The predicted octanol–water partition coefficient (Wildman–Crippen LogP) is -1.39. The van der Waals surface area contributed by atoms with E-state index in [9.17, 15) is 55.9 Å². The molecule has 18 nitrogen and oxygen atoms in total. The molecule has 0 amide bonds. The maximum absolute atomic E-state index is 14.8. The van der Waals surface area contributed by atoms with Crippen LogP contribution < -0.4 is 0 Å². The molecule has 11 N–H and O–H groups in total. The highest BCUT2D eigenvalue weighted by Gasteiger charge is 2.59. The molecule has 3 heterocycles. The summed E-state index contributed by atoms with van der Waals surface area (Å²) >= 11 is 0. The Labute approximate surface area is 338 Å². The van der Waals surface area contributed by atoms with Gasteiger partial charge in [0.15, 0.2) is 18.7 Å². The molecule has 0 aromatic carbocycles. The van der Waals surface area contributed by atoms with Crippen molar-refractivity contribution >= 4 is 11.8 Å². The minimum atomic E-state index is -1.96. The van der Waals surface area contributed by atoms with Gasteiger partial charge >= 0.3 is 5.97 Å². The SMILES string of the molecule is C=C(C)[C@@H]1CCC(C=C=N)[C@]2(C)CCC[C@@](C)(C(=O)O[C@@H]3O[C@H](CO)[C@@H](O)[C@H](O)[C@H]3O[C@@H]3O[C@H](CO)[C@@H](O)[C@H](O)[C@H]3O[C@@H]3O[C@H](CO)[C@@H](O)[C@H](O)[C@H]3O)[C@H]2CC[C@@H]1C. The number of fused-ring (bicyclic) bond motifs is 1. The lowest BCUT2D eigenvalue weighted by atomic mass is 9.50. The lowest BCUT2D eigenvalue weighted by Gasteiger charge is -2.54. The fourth-order valence-corrected chi connectivity index (χ4v) is 10.3. The van der Waals surface area contributed by atoms with Gasteiger partial charge in [-0.15, -0.1) is 0 Å². The van der Waals surface area contributed by atoms with E-state index in [2.05, 4.69) is 26.3 Å². The number of nitrogens with one attached hydrogen (secondary N) is 1. The fourth-order valence-electron chi connectivity index (χ4n) is 10.3. The van der Waals surface area contributed by atoms with E-state index >= 15 is 0 Å². The second-order valence-electron chi connectivity index (χ2n) is 17.5. The fraction of sp³-hybridized carbons (Fsp3) is 0.875. The quantitative estimate of drug-likeness (QED) is 0.0649. The van der Waals surface area contributed by atoms with E-state index in [1.165, 1.54) is 0 Å². The molecular weight excluding hydrogens is 766 g/mol. The Balaban J connectivity index is 1.46.